The summed E-state index contributed by atoms with van der Waals surface area (Å²) in [5.41, 5.74) is 3.72. The molecular weight excluding hydrogens is 266 g/mol. The highest BCUT2D eigenvalue weighted by Gasteiger charge is 2.18. The molecule has 1 saturated heterocycles. The van der Waals surface area contributed by atoms with Crippen molar-refractivity contribution >= 4 is 11.7 Å². The first-order valence-corrected chi connectivity index (χ1v) is 7.22. The van der Waals surface area contributed by atoms with Crippen LogP contribution in [0.4, 0.5) is 5.69 Å². The first kappa shape index (κ1) is 13.7. The Morgan fingerprint density at radius 2 is 1.90 bits per heavy atom. The van der Waals surface area contributed by atoms with Crippen molar-refractivity contribution in [3.63, 3.8) is 0 Å². The normalized spacial score (nSPS) is 14.7. The van der Waals surface area contributed by atoms with Crippen LogP contribution in [0.3, 0.4) is 0 Å². The summed E-state index contributed by atoms with van der Waals surface area (Å²) in [5.74, 6) is -0.918. The van der Waals surface area contributed by atoms with Crippen LogP contribution in [0.5, 0.6) is 0 Å². The minimum absolute atomic E-state index is 0.297. The lowest BCUT2D eigenvalue weighted by Crippen LogP contribution is -2.18. The summed E-state index contributed by atoms with van der Waals surface area (Å²) in [6.07, 6.45) is 2.34. The molecule has 1 N–H and O–H groups in total. The summed E-state index contributed by atoms with van der Waals surface area (Å²) < 4.78 is 1.70. The standard InChI is InChI=1S/C16H19N3O2/c1-11-9-12(2)19(17-11)15-6-5-13(10-14(15)16(20)21)18-7-3-4-8-18/h5-6,9-10H,3-4,7-8H2,1-2H3,(H,20,21). The molecule has 0 atom stereocenters. The molecule has 0 spiro atoms. The molecule has 0 bridgehead atoms. The molecule has 0 amide bonds. The summed E-state index contributed by atoms with van der Waals surface area (Å²) in [4.78, 5) is 13.9. The molecule has 5 heteroatoms. The number of nitrogens with zero attached hydrogens (tertiary/aromatic N) is 3. The smallest absolute Gasteiger partial charge is 0.337 e. The summed E-state index contributed by atoms with van der Waals surface area (Å²) >= 11 is 0. The summed E-state index contributed by atoms with van der Waals surface area (Å²) in [7, 11) is 0. The lowest BCUT2D eigenvalue weighted by atomic mass is 10.1. The third kappa shape index (κ3) is 2.51. The Morgan fingerprint density at radius 1 is 1.19 bits per heavy atom. The fourth-order valence-corrected chi connectivity index (χ4v) is 2.92. The van der Waals surface area contributed by atoms with Gasteiger partial charge >= 0.3 is 5.97 Å². The summed E-state index contributed by atoms with van der Waals surface area (Å²) in [6.45, 7) is 5.83. The van der Waals surface area contributed by atoms with Crippen molar-refractivity contribution in [1.82, 2.24) is 9.78 Å². The SMILES string of the molecule is Cc1cc(C)n(-c2ccc(N3CCCC3)cc2C(=O)O)n1. The van der Waals surface area contributed by atoms with Crippen molar-refractivity contribution in [1.29, 1.82) is 0 Å². The molecule has 3 rings (SSSR count). The van der Waals surface area contributed by atoms with E-state index in [1.54, 1.807) is 10.7 Å². The Balaban J connectivity index is 2.08. The fraction of sp³-hybridized carbons (Fsp3) is 0.375. The van der Waals surface area contributed by atoms with E-state index in [2.05, 4.69) is 10.00 Å². The molecule has 2 heterocycles. The zero-order chi connectivity index (χ0) is 15.0. The van der Waals surface area contributed by atoms with Crippen LogP contribution in [0, 0.1) is 13.8 Å². The maximum atomic E-state index is 11.6. The number of hydrogen-bond donors (Lipinski definition) is 1. The number of carboxylic acid groups (broad SMARTS) is 1. The first-order valence-electron chi connectivity index (χ1n) is 7.22. The van der Waals surface area contributed by atoms with Gasteiger partial charge in [-0.05, 0) is 51.0 Å². The van der Waals surface area contributed by atoms with Crippen LogP contribution in [0.1, 0.15) is 34.6 Å². The number of aryl methyl sites for hydroxylation is 2. The van der Waals surface area contributed by atoms with Gasteiger partial charge in [0, 0.05) is 24.5 Å². The Morgan fingerprint density at radius 3 is 2.48 bits per heavy atom. The highest BCUT2D eigenvalue weighted by molar-refractivity contribution is 5.93. The molecule has 0 radical (unpaired) electrons. The van der Waals surface area contributed by atoms with Crippen LogP contribution >= 0.6 is 0 Å². The molecule has 21 heavy (non-hydrogen) atoms. The van der Waals surface area contributed by atoms with E-state index in [0.29, 0.717) is 11.3 Å². The molecule has 0 saturated carbocycles. The second kappa shape index (κ2) is 5.24. The highest BCUT2D eigenvalue weighted by atomic mass is 16.4. The number of anilines is 1. The van der Waals surface area contributed by atoms with Crippen LogP contribution in [-0.4, -0.2) is 33.9 Å². The van der Waals surface area contributed by atoms with E-state index in [1.807, 2.05) is 32.0 Å². The quantitative estimate of drug-likeness (QED) is 0.942. The predicted octanol–water partition coefficient (Wildman–Crippen LogP) is 2.79. The molecular formula is C16H19N3O2. The number of carboxylic acids is 1. The lowest BCUT2D eigenvalue weighted by molar-refractivity contribution is 0.0696. The Labute approximate surface area is 123 Å². The van der Waals surface area contributed by atoms with Gasteiger partial charge < -0.3 is 10.0 Å². The number of hydrogen-bond acceptors (Lipinski definition) is 3. The van der Waals surface area contributed by atoms with E-state index < -0.39 is 5.97 Å². The Kier molecular flexibility index (Phi) is 3.41. The zero-order valence-corrected chi connectivity index (χ0v) is 12.3. The first-order chi connectivity index (χ1) is 10.1. The van der Waals surface area contributed by atoms with E-state index in [4.69, 9.17) is 0 Å². The Hall–Kier alpha value is -2.30. The van der Waals surface area contributed by atoms with Gasteiger partial charge in [0.2, 0.25) is 0 Å². The zero-order valence-electron chi connectivity index (χ0n) is 12.3. The number of carbonyl (C=O) groups is 1. The second-order valence-electron chi connectivity index (χ2n) is 5.54. The van der Waals surface area contributed by atoms with Crippen LogP contribution < -0.4 is 4.90 Å². The van der Waals surface area contributed by atoms with Gasteiger partial charge in [0.25, 0.3) is 0 Å². The van der Waals surface area contributed by atoms with Crippen molar-refractivity contribution in [3.8, 4) is 5.69 Å². The molecule has 1 fully saturated rings. The van der Waals surface area contributed by atoms with Gasteiger partial charge in [-0.25, -0.2) is 9.48 Å². The molecule has 1 aliphatic rings. The number of benzene rings is 1. The maximum absolute atomic E-state index is 11.6. The average molecular weight is 285 g/mol. The topological polar surface area (TPSA) is 58.4 Å². The van der Waals surface area contributed by atoms with Crippen molar-refractivity contribution in [2.45, 2.75) is 26.7 Å². The van der Waals surface area contributed by atoms with Gasteiger partial charge in [0.15, 0.2) is 0 Å². The monoisotopic (exact) mass is 285 g/mol. The van der Waals surface area contributed by atoms with Crippen molar-refractivity contribution in [2.24, 2.45) is 0 Å². The fourth-order valence-electron chi connectivity index (χ4n) is 2.92. The van der Waals surface area contributed by atoms with Crippen molar-refractivity contribution < 1.29 is 9.90 Å². The van der Waals surface area contributed by atoms with Gasteiger partial charge in [0.1, 0.15) is 0 Å². The third-order valence-corrected chi connectivity index (χ3v) is 3.92. The molecule has 1 aliphatic heterocycles. The molecule has 110 valence electrons. The molecule has 2 aromatic rings. The molecule has 1 aromatic carbocycles. The van der Waals surface area contributed by atoms with Crippen molar-refractivity contribution in [2.75, 3.05) is 18.0 Å². The average Bonchev–Trinajstić information content (AvgIpc) is 3.07. The van der Waals surface area contributed by atoms with Crippen LogP contribution in [0.2, 0.25) is 0 Å². The Bertz CT molecular complexity index is 685. The summed E-state index contributed by atoms with van der Waals surface area (Å²) in [6, 6.07) is 7.56. The largest absolute Gasteiger partial charge is 0.478 e. The van der Waals surface area contributed by atoms with Gasteiger partial charge in [0.05, 0.1) is 16.9 Å². The van der Waals surface area contributed by atoms with Gasteiger partial charge in [-0.3, -0.25) is 0 Å². The number of aromatic carboxylic acids is 1. The van der Waals surface area contributed by atoms with Crippen LogP contribution in [0.15, 0.2) is 24.3 Å². The molecule has 5 nitrogen and oxygen atoms in total. The molecule has 0 unspecified atom stereocenters. The van der Waals surface area contributed by atoms with Gasteiger partial charge in [-0.2, -0.15) is 5.10 Å². The van der Waals surface area contributed by atoms with Gasteiger partial charge in [-0.15, -0.1) is 0 Å². The van der Waals surface area contributed by atoms with E-state index in [0.717, 1.165) is 30.2 Å². The van der Waals surface area contributed by atoms with Gasteiger partial charge in [-0.1, -0.05) is 0 Å². The maximum Gasteiger partial charge on any atom is 0.337 e. The highest BCUT2D eigenvalue weighted by Crippen LogP contribution is 2.26. The van der Waals surface area contributed by atoms with Crippen molar-refractivity contribution in [3.05, 3.63) is 41.2 Å². The molecule has 0 aliphatic carbocycles. The second-order valence-corrected chi connectivity index (χ2v) is 5.54. The lowest BCUT2D eigenvalue weighted by Gasteiger charge is -2.19. The van der Waals surface area contributed by atoms with Crippen LogP contribution in [-0.2, 0) is 0 Å². The van der Waals surface area contributed by atoms with E-state index in [-0.39, 0.29) is 0 Å². The number of aromatic nitrogens is 2. The minimum Gasteiger partial charge on any atom is -0.478 e. The minimum atomic E-state index is -0.918. The summed E-state index contributed by atoms with van der Waals surface area (Å²) in [5, 5.41) is 13.9. The predicted molar refractivity (Wildman–Crippen MR) is 81.4 cm³/mol. The number of rotatable bonds is 3. The van der Waals surface area contributed by atoms with E-state index >= 15 is 0 Å². The van der Waals surface area contributed by atoms with E-state index in [1.165, 1.54) is 12.8 Å². The van der Waals surface area contributed by atoms with E-state index in [9.17, 15) is 9.90 Å². The third-order valence-electron chi connectivity index (χ3n) is 3.92. The molecule has 1 aromatic heterocycles. The van der Waals surface area contributed by atoms with Crippen LogP contribution in [0.25, 0.3) is 5.69 Å².